The van der Waals surface area contributed by atoms with Gasteiger partial charge in [-0.25, -0.2) is 9.37 Å². The SMILES string of the molecule is Fc1ccc(C(Br)c2cnc(C3CC3)s2)cc1. The second kappa shape index (κ2) is 4.50. The average Bonchev–Trinajstić information content (AvgIpc) is 3.07. The first-order valence-corrected chi connectivity index (χ1v) is 7.32. The standard InChI is InChI=1S/C13H11BrFNS/c14-12(8-3-5-10(15)6-4-8)11-7-16-13(17-11)9-1-2-9/h3-7,9,12H,1-2H2. The summed E-state index contributed by atoms with van der Waals surface area (Å²) in [5, 5.41) is 1.24. The predicted molar refractivity (Wildman–Crippen MR) is 71.3 cm³/mol. The molecular formula is C13H11BrFNS. The molecule has 1 aliphatic carbocycles. The van der Waals surface area contributed by atoms with Crippen LogP contribution in [0.25, 0.3) is 0 Å². The maximum atomic E-state index is 12.8. The molecule has 0 radical (unpaired) electrons. The Morgan fingerprint density at radius 1 is 1.29 bits per heavy atom. The molecule has 1 unspecified atom stereocenters. The summed E-state index contributed by atoms with van der Waals surface area (Å²) >= 11 is 5.41. The summed E-state index contributed by atoms with van der Waals surface area (Å²) in [7, 11) is 0. The van der Waals surface area contributed by atoms with Crippen molar-refractivity contribution in [2.75, 3.05) is 0 Å². The fourth-order valence-corrected chi connectivity index (χ4v) is 3.53. The maximum absolute atomic E-state index is 12.8. The van der Waals surface area contributed by atoms with Crippen LogP contribution in [0.3, 0.4) is 0 Å². The molecule has 1 heterocycles. The molecule has 4 heteroatoms. The second-order valence-electron chi connectivity index (χ2n) is 4.29. The minimum Gasteiger partial charge on any atom is -0.249 e. The van der Waals surface area contributed by atoms with Crippen LogP contribution in [0.1, 0.15) is 39.0 Å². The van der Waals surface area contributed by atoms with E-state index in [1.807, 2.05) is 18.3 Å². The van der Waals surface area contributed by atoms with Gasteiger partial charge in [0.25, 0.3) is 0 Å². The lowest BCUT2D eigenvalue weighted by molar-refractivity contribution is 0.627. The zero-order valence-electron chi connectivity index (χ0n) is 9.07. The molecule has 0 amide bonds. The van der Waals surface area contributed by atoms with Crippen molar-refractivity contribution in [1.29, 1.82) is 0 Å². The Balaban J connectivity index is 1.84. The minimum absolute atomic E-state index is 0.119. The van der Waals surface area contributed by atoms with Crippen LogP contribution in [-0.4, -0.2) is 4.98 Å². The molecule has 0 saturated heterocycles. The van der Waals surface area contributed by atoms with Crippen LogP contribution < -0.4 is 0 Å². The Kier molecular flexibility index (Phi) is 3.01. The maximum Gasteiger partial charge on any atom is 0.123 e. The Bertz CT molecular complexity index is 518. The van der Waals surface area contributed by atoms with Crippen LogP contribution in [0.4, 0.5) is 4.39 Å². The van der Waals surface area contributed by atoms with Gasteiger partial charge in [0, 0.05) is 17.0 Å². The molecule has 1 fully saturated rings. The molecule has 1 nitrogen and oxygen atoms in total. The topological polar surface area (TPSA) is 12.9 Å². The molecular weight excluding hydrogens is 301 g/mol. The van der Waals surface area contributed by atoms with Crippen molar-refractivity contribution in [2.45, 2.75) is 23.6 Å². The van der Waals surface area contributed by atoms with Gasteiger partial charge in [-0.05, 0) is 30.5 Å². The molecule has 88 valence electrons. The number of alkyl halides is 1. The molecule has 1 atom stereocenters. The van der Waals surface area contributed by atoms with E-state index in [0.29, 0.717) is 5.92 Å². The van der Waals surface area contributed by atoms with Gasteiger partial charge < -0.3 is 0 Å². The summed E-state index contributed by atoms with van der Waals surface area (Å²) < 4.78 is 12.8. The number of aromatic nitrogens is 1. The fourth-order valence-electron chi connectivity index (χ4n) is 1.73. The third kappa shape index (κ3) is 2.43. The lowest BCUT2D eigenvalue weighted by atomic mass is 10.1. The van der Waals surface area contributed by atoms with Gasteiger partial charge in [0.05, 0.1) is 9.83 Å². The van der Waals surface area contributed by atoms with Crippen molar-refractivity contribution in [1.82, 2.24) is 4.98 Å². The first-order chi connectivity index (χ1) is 8.24. The molecule has 1 aromatic carbocycles. The van der Waals surface area contributed by atoms with E-state index in [9.17, 15) is 4.39 Å². The van der Waals surface area contributed by atoms with Gasteiger partial charge in [-0.1, -0.05) is 28.1 Å². The van der Waals surface area contributed by atoms with Gasteiger partial charge in [0.2, 0.25) is 0 Å². The summed E-state index contributed by atoms with van der Waals surface area (Å²) in [4.78, 5) is 5.77. The van der Waals surface area contributed by atoms with Gasteiger partial charge in [-0.2, -0.15) is 0 Å². The molecule has 0 spiro atoms. The van der Waals surface area contributed by atoms with Crippen LogP contribution in [0, 0.1) is 5.82 Å². The summed E-state index contributed by atoms with van der Waals surface area (Å²) in [5.74, 6) is 0.498. The van der Waals surface area contributed by atoms with Crippen molar-refractivity contribution in [3.63, 3.8) is 0 Å². The first kappa shape index (κ1) is 11.4. The van der Waals surface area contributed by atoms with Crippen LogP contribution >= 0.6 is 27.3 Å². The number of hydrogen-bond acceptors (Lipinski definition) is 2. The number of rotatable bonds is 3. The Labute approximate surface area is 112 Å². The van der Waals surface area contributed by atoms with E-state index in [1.165, 1.54) is 34.9 Å². The Hall–Kier alpha value is -0.740. The average molecular weight is 312 g/mol. The molecule has 0 N–H and O–H groups in total. The Morgan fingerprint density at radius 3 is 2.65 bits per heavy atom. The third-order valence-corrected chi connectivity index (χ3v) is 5.43. The lowest BCUT2D eigenvalue weighted by Gasteiger charge is -2.06. The predicted octanol–water partition coefficient (Wildman–Crippen LogP) is 4.64. The van der Waals surface area contributed by atoms with Crippen LogP contribution in [0.2, 0.25) is 0 Å². The Morgan fingerprint density at radius 2 is 2.00 bits per heavy atom. The number of nitrogens with zero attached hydrogens (tertiary/aromatic N) is 1. The van der Waals surface area contributed by atoms with Crippen molar-refractivity contribution in [3.8, 4) is 0 Å². The summed E-state index contributed by atoms with van der Waals surface area (Å²) in [5.41, 5.74) is 1.07. The smallest absolute Gasteiger partial charge is 0.123 e. The summed E-state index contributed by atoms with van der Waals surface area (Å²) in [6.45, 7) is 0. The van der Waals surface area contributed by atoms with Crippen molar-refractivity contribution in [2.24, 2.45) is 0 Å². The van der Waals surface area contributed by atoms with Gasteiger partial charge in [-0.15, -0.1) is 11.3 Å². The molecule has 3 rings (SSSR count). The molecule has 1 aromatic heterocycles. The van der Waals surface area contributed by atoms with Crippen LogP contribution in [0.5, 0.6) is 0 Å². The largest absolute Gasteiger partial charge is 0.249 e. The minimum atomic E-state index is -0.198. The first-order valence-electron chi connectivity index (χ1n) is 5.59. The van der Waals surface area contributed by atoms with Crippen molar-refractivity contribution < 1.29 is 4.39 Å². The number of thiazole rings is 1. The highest BCUT2D eigenvalue weighted by Crippen LogP contribution is 2.44. The summed E-state index contributed by atoms with van der Waals surface area (Å²) in [6, 6.07) is 6.61. The number of halogens is 2. The molecule has 2 aromatic rings. The highest BCUT2D eigenvalue weighted by molar-refractivity contribution is 9.09. The van der Waals surface area contributed by atoms with E-state index < -0.39 is 0 Å². The van der Waals surface area contributed by atoms with Crippen LogP contribution in [-0.2, 0) is 0 Å². The quantitative estimate of drug-likeness (QED) is 0.752. The molecule has 0 bridgehead atoms. The zero-order chi connectivity index (χ0) is 11.8. The van der Waals surface area contributed by atoms with E-state index >= 15 is 0 Å². The third-order valence-electron chi connectivity index (χ3n) is 2.88. The zero-order valence-corrected chi connectivity index (χ0v) is 11.5. The van der Waals surface area contributed by atoms with E-state index in [1.54, 1.807) is 11.3 Å². The van der Waals surface area contributed by atoms with E-state index in [0.717, 1.165) is 5.56 Å². The number of benzene rings is 1. The normalized spacial score (nSPS) is 17.1. The summed E-state index contributed by atoms with van der Waals surface area (Å²) in [6.07, 6.45) is 4.48. The van der Waals surface area contributed by atoms with Crippen LogP contribution in [0.15, 0.2) is 30.5 Å². The molecule has 1 saturated carbocycles. The molecule has 1 aliphatic rings. The van der Waals surface area contributed by atoms with Gasteiger partial charge in [0.1, 0.15) is 5.82 Å². The second-order valence-corrected chi connectivity index (χ2v) is 6.30. The fraction of sp³-hybridized carbons (Fsp3) is 0.308. The van der Waals surface area contributed by atoms with Crippen molar-refractivity contribution in [3.05, 3.63) is 51.7 Å². The number of hydrogen-bond donors (Lipinski definition) is 0. The van der Waals surface area contributed by atoms with E-state index in [4.69, 9.17) is 0 Å². The monoisotopic (exact) mass is 311 g/mol. The highest BCUT2D eigenvalue weighted by atomic mass is 79.9. The van der Waals surface area contributed by atoms with Gasteiger partial charge >= 0.3 is 0 Å². The van der Waals surface area contributed by atoms with E-state index in [2.05, 4.69) is 20.9 Å². The van der Waals surface area contributed by atoms with Gasteiger partial charge in [0.15, 0.2) is 0 Å². The van der Waals surface area contributed by atoms with Crippen molar-refractivity contribution >= 4 is 27.3 Å². The van der Waals surface area contributed by atoms with E-state index in [-0.39, 0.29) is 10.6 Å². The highest BCUT2D eigenvalue weighted by Gasteiger charge is 2.27. The lowest BCUT2D eigenvalue weighted by Crippen LogP contribution is -1.89. The molecule has 0 aliphatic heterocycles. The van der Waals surface area contributed by atoms with Gasteiger partial charge in [-0.3, -0.25) is 0 Å². The molecule has 17 heavy (non-hydrogen) atoms.